The van der Waals surface area contributed by atoms with Gasteiger partial charge in [-0.25, -0.2) is 0 Å². The Kier molecular flexibility index (Phi) is 4.34. The second kappa shape index (κ2) is 5.99. The van der Waals surface area contributed by atoms with Crippen molar-refractivity contribution in [1.82, 2.24) is 0 Å². The highest BCUT2D eigenvalue weighted by molar-refractivity contribution is 5.13. The molecular weight excluding hydrogens is 204 g/mol. The number of methoxy groups -OCH3 is 1. The topological polar surface area (TPSA) is 27.7 Å². The normalized spacial score (nSPS) is 25.6. The molecule has 3 nitrogen and oxygen atoms in total. The van der Waals surface area contributed by atoms with Crippen molar-refractivity contribution < 1.29 is 14.2 Å². The summed E-state index contributed by atoms with van der Waals surface area (Å²) in [6.07, 6.45) is 1.89. The first kappa shape index (κ1) is 11.6. The smallest absolute Gasteiger partial charge is 0.183 e. The summed E-state index contributed by atoms with van der Waals surface area (Å²) in [5, 5.41) is 0. The van der Waals surface area contributed by atoms with E-state index in [1.165, 1.54) is 5.56 Å². The Morgan fingerprint density at radius 2 is 2.12 bits per heavy atom. The van der Waals surface area contributed by atoms with Crippen molar-refractivity contribution in [1.29, 1.82) is 0 Å². The Labute approximate surface area is 96.3 Å². The average molecular weight is 222 g/mol. The quantitative estimate of drug-likeness (QED) is 0.782. The lowest BCUT2D eigenvalue weighted by atomic mass is 10.1. The zero-order valence-corrected chi connectivity index (χ0v) is 9.59. The molecule has 0 radical (unpaired) electrons. The zero-order chi connectivity index (χ0) is 11.2. The number of ether oxygens (including phenoxy) is 3. The summed E-state index contributed by atoms with van der Waals surface area (Å²) in [5.41, 5.74) is 1.18. The van der Waals surface area contributed by atoms with E-state index >= 15 is 0 Å². The van der Waals surface area contributed by atoms with Crippen molar-refractivity contribution >= 4 is 0 Å². The fraction of sp³-hybridized carbons (Fsp3) is 0.538. The maximum absolute atomic E-state index is 5.82. The van der Waals surface area contributed by atoms with E-state index in [1.807, 2.05) is 18.2 Å². The first-order valence-corrected chi connectivity index (χ1v) is 5.70. The van der Waals surface area contributed by atoms with Crippen LogP contribution in [0.3, 0.4) is 0 Å². The Balaban J connectivity index is 1.84. The van der Waals surface area contributed by atoms with Crippen molar-refractivity contribution in [2.24, 2.45) is 0 Å². The molecule has 1 saturated heterocycles. The van der Waals surface area contributed by atoms with Crippen LogP contribution in [0.25, 0.3) is 0 Å². The van der Waals surface area contributed by atoms with Crippen molar-refractivity contribution in [3.8, 4) is 0 Å². The third kappa shape index (κ3) is 3.04. The van der Waals surface area contributed by atoms with Crippen LogP contribution in [0.5, 0.6) is 0 Å². The van der Waals surface area contributed by atoms with Crippen molar-refractivity contribution in [2.75, 3.05) is 13.7 Å². The molecule has 0 bridgehead atoms. The van der Waals surface area contributed by atoms with Crippen LogP contribution in [0, 0.1) is 0 Å². The fourth-order valence-corrected chi connectivity index (χ4v) is 1.89. The minimum Gasteiger partial charge on any atom is -0.368 e. The standard InChI is InChI=1S/C13H18O3/c1-14-13-12(8-5-9-15-13)16-10-11-6-3-2-4-7-11/h2-4,6-7,12-13H,5,8-10H2,1H3/t12-,13+/m0/s1. The minimum atomic E-state index is -0.211. The molecule has 88 valence electrons. The molecule has 3 heteroatoms. The van der Waals surface area contributed by atoms with E-state index in [1.54, 1.807) is 7.11 Å². The number of rotatable bonds is 4. The molecule has 0 N–H and O–H groups in total. The van der Waals surface area contributed by atoms with E-state index in [0.29, 0.717) is 6.61 Å². The van der Waals surface area contributed by atoms with Gasteiger partial charge in [0, 0.05) is 13.7 Å². The second-order valence-corrected chi connectivity index (χ2v) is 3.95. The molecule has 1 heterocycles. The predicted molar refractivity (Wildman–Crippen MR) is 61.0 cm³/mol. The van der Waals surface area contributed by atoms with Gasteiger partial charge in [-0.3, -0.25) is 0 Å². The van der Waals surface area contributed by atoms with Crippen LogP contribution in [-0.4, -0.2) is 26.1 Å². The fourth-order valence-electron chi connectivity index (χ4n) is 1.89. The number of hydrogen-bond acceptors (Lipinski definition) is 3. The third-order valence-electron chi connectivity index (χ3n) is 2.76. The Morgan fingerprint density at radius 3 is 2.88 bits per heavy atom. The molecule has 2 atom stereocenters. The molecule has 0 unspecified atom stereocenters. The Morgan fingerprint density at radius 1 is 1.31 bits per heavy atom. The van der Waals surface area contributed by atoms with Crippen molar-refractivity contribution in [3.63, 3.8) is 0 Å². The maximum atomic E-state index is 5.82. The molecule has 1 fully saturated rings. The van der Waals surface area contributed by atoms with Crippen LogP contribution in [0.4, 0.5) is 0 Å². The van der Waals surface area contributed by atoms with Gasteiger partial charge in [0.05, 0.1) is 6.61 Å². The van der Waals surface area contributed by atoms with Crippen LogP contribution in [0.15, 0.2) is 30.3 Å². The first-order chi connectivity index (χ1) is 7.90. The minimum absolute atomic E-state index is 0.0546. The van der Waals surface area contributed by atoms with Crippen LogP contribution >= 0.6 is 0 Å². The van der Waals surface area contributed by atoms with E-state index in [2.05, 4.69) is 12.1 Å². The van der Waals surface area contributed by atoms with E-state index in [9.17, 15) is 0 Å². The van der Waals surface area contributed by atoms with E-state index in [0.717, 1.165) is 19.4 Å². The third-order valence-corrected chi connectivity index (χ3v) is 2.76. The zero-order valence-electron chi connectivity index (χ0n) is 9.59. The van der Waals surface area contributed by atoms with Crippen LogP contribution in [0.1, 0.15) is 18.4 Å². The predicted octanol–water partition coefficient (Wildman–Crippen LogP) is 2.35. The molecule has 0 aliphatic carbocycles. The molecule has 1 aliphatic rings. The number of benzene rings is 1. The summed E-state index contributed by atoms with van der Waals surface area (Å²) >= 11 is 0. The first-order valence-electron chi connectivity index (χ1n) is 5.70. The molecule has 0 amide bonds. The molecule has 1 aliphatic heterocycles. The van der Waals surface area contributed by atoms with Gasteiger partial charge in [-0.2, -0.15) is 0 Å². The van der Waals surface area contributed by atoms with E-state index < -0.39 is 0 Å². The summed E-state index contributed by atoms with van der Waals surface area (Å²) in [6.45, 7) is 1.39. The van der Waals surface area contributed by atoms with Gasteiger partial charge in [0.15, 0.2) is 6.29 Å². The van der Waals surface area contributed by atoms with Gasteiger partial charge in [0.25, 0.3) is 0 Å². The van der Waals surface area contributed by atoms with Gasteiger partial charge in [-0.1, -0.05) is 30.3 Å². The molecule has 1 aromatic rings. The summed E-state index contributed by atoms with van der Waals surface area (Å²) in [4.78, 5) is 0. The molecule has 0 saturated carbocycles. The molecule has 0 aromatic heterocycles. The molecule has 1 aromatic carbocycles. The lowest BCUT2D eigenvalue weighted by molar-refractivity contribution is -0.218. The Bertz CT molecular complexity index is 299. The van der Waals surface area contributed by atoms with Crippen LogP contribution < -0.4 is 0 Å². The second-order valence-electron chi connectivity index (χ2n) is 3.95. The Hall–Kier alpha value is -0.900. The van der Waals surface area contributed by atoms with Gasteiger partial charge >= 0.3 is 0 Å². The van der Waals surface area contributed by atoms with Crippen molar-refractivity contribution in [3.05, 3.63) is 35.9 Å². The van der Waals surface area contributed by atoms with Crippen LogP contribution in [0.2, 0.25) is 0 Å². The van der Waals surface area contributed by atoms with Gasteiger partial charge in [-0.05, 0) is 18.4 Å². The highest BCUT2D eigenvalue weighted by Gasteiger charge is 2.26. The SMILES string of the molecule is CO[C@@H]1OCCC[C@@H]1OCc1ccccc1. The molecule has 2 rings (SSSR count). The monoisotopic (exact) mass is 222 g/mol. The van der Waals surface area contributed by atoms with Crippen LogP contribution in [-0.2, 0) is 20.8 Å². The largest absolute Gasteiger partial charge is 0.368 e. The number of hydrogen-bond donors (Lipinski definition) is 0. The lowest BCUT2D eigenvalue weighted by Crippen LogP contribution is -2.37. The van der Waals surface area contributed by atoms with Gasteiger partial charge < -0.3 is 14.2 Å². The van der Waals surface area contributed by atoms with Gasteiger partial charge in [0.1, 0.15) is 6.10 Å². The molecule has 16 heavy (non-hydrogen) atoms. The summed E-state index contributed by atoms with van der Waals surface area (Å²) in [5.74, 6) is 0. The van der Waals surface area contributed by atoms with Gasteiger partial charge in [-0.15, -0.1) is 0 Å². The summed E-state index contributed by atoms with van der Waals surface area (Å²) in [7, 11) is 1.66. The van der Waals surface area contributed by atoms with Gasteiger partial charge in [0.2, 0.25) is 0 Å². The lowest BCUT2D eigenvalue weighted by Gasteiger charge is -2.30. The highest BCUT2D eigenvalue weighted by atomic mass is 16.7. The summed E-state index contributed by atoms with van der Waals surface area (Å²) < 4.78 is 16.5. The van der Waals surface area contributed by atoms with E-state index in [4.69, 9.17) is 14.2 Å². The average Bonchev–Trinajstić information content (AvgIpc) is 2.38. The van der Waals surface area contributed by atoms with E-state index in [-0.39, 0.29) is 12.4 Å². The molecular formula is C13H18O3. The molecule has 0 spiro atoms. The highest BCUT2D eigenvalue weighted by Crippen LogP contribution is 2.19. The summed E-state index contributed by atoms with van der Waals surface area (Å²) in [6, 6.07) is 10.2. The van der Waals surface area contributed by atoms with Crippen molar-refractivity contribution in [2.45, 2.75) is 31.8 Å². The maximum Gasteiger partial charge on any atom is 0.183 e.